The first-order chi connectivity index (χ1) is 13.5. The molecule has 0 unspecified atom stereocenters. The molecule has 0 bridgehead atoms. The Morgan fingerprint density at radius 3 is 2.64 bits per heavy atom. The van der Waals surface area contributed by atoms with Gasteiger partial charge in [-0.05, 0) is 36.4 Å². The van der Waals surface area contributed by atoms with Crippen LogP contribution in [-0.4, -0.2) is 27.6 Å². The van der Waals surface area contributed by atoms with E-state index in [0.717, 1.165) is 17.2 Å². The van der Waals surface area contributed by atoms with Gasteiger partial charge in [-0.2, -0.15) is 5.10 Å². The van der Waals surface area contributed by atoms with Crippen molar-refractivity contribution in [1.82, 2.24) is 14.6 Å². The zero-order chi connectivity index (χ0) is 19.7. The van der Waals surface area contributed by atoms with Crippen LogP contribution in [0.2, 0.25) is 0 Å². The van der Waals surface area contributed by atoms with Gasteiger partial charge in [0.15, 0.2) is 17.3 Å². The molecule has 0 saturated carbocycles. The van der Waals surface area contributed by atoms with Gasteiger partial charge in [0.2, 0.25) is 11.8 Å². The Labute approximate surface area is 159 Å². The number of methoxy groups -OCH3 is 1. The predicted octanol–water partition coefficient (Wildman–Crippen LogP) is 3.44. The van der Waals surface area contributed by atoms with Crippen LogP contribution in [0.1, 0.15) is 10.4 Å². The first-order valence-corrected chi connectivity index (χ1v) is 8.30. The molecule has 4 aromatic rings. The average Bonchev–Trinajstić information content (AvgIpc) is 3.18. The van der Waals surface area contributed by atoms with E-state index >= 15 is 0 Å². The zero-order valence-corrected chi connectivity index (χ0v) is 14.8. The SMILES string of the molecule is COc1ccc(-c2cc(Oc3ccc(C(N)=O)cc3F)c3ccnn3c2)cn1. The smallest absolute Gasteiger partial charge is 0.248 e. The number of rotatable bonds is 5. The second kappa shape index (κ2) is 6.99. The van der Waals surface area contributed by atoms with Gasteiger partial charge >= 0.3 is 0 Å². The number of fused-ring (bicyclic) bond motifs is 1. The van der Waals surface area contributed by atoms with E-state index < -0.39 is 11.7 Å². The van der Waals surface area contributed by atoms with E-state index in [1.54, 1.807) is 42.2 Å². The topological polar surface area (TPSA) is 91.7 Å². The summed E-state index contributed by atoms with van der Waals surface area (Å²) < 4.78 is 26.8. The number of amides is 1. The summed E-state index contributed by atoms with van der Waals surface area (Å²) in [5.74, 6) is -0.533. The first-order valence-electron chi connectivity index (χ1n) is 8.30. The Bertz CT molecular complexity index is 1170. The summed E-state index contributed by atoms with van der Waals surface area (Å²) in [5.41, 5.74) is 7.49. The largest absolute Gasteiger partial charge is 0.481 e. The lowest BCUT2D eigenvalue weighted by atomic mass is 10.1. The van der Waals surface area contributed by atoms with E-state index in [-0.39, 0.29) is 11.3 Å². The van der Waals surface area contributed by atoms with Crippen molar-refractivity contribution in [3.63, 3.8) is 0 Å². The summed E-state index contributed by atoms with van der Waals surface area (Å²) in [6, 6.07) is 10.9. The number of aromatic nitrogens is 3. The lowest BCUT2D eigenvalue weighted by Crippen LogP contribution is -2.11. The highest BCUT2D eigenvalue weighted by Gasteiger charge is 2.13. The third-order valence-electron chi connectivity index (χ3n) is 4.19. The fourth-order valence-electron chi connectivity index (χ4n) is 2.76. The maximum absolute atomic E-state index is 14.3. The highest BCUT2D eigenvalue weighted by Crippen LogP contribution is 2.32. The summed E-state index contributed by atoms with van der Waals surface area (Å²) in [6.45, 7) is 0. The molecule has 1 aromatic carbocycles. The number of nitrogens with zero attached hydrogens (tertiary/aromatic N) is 3. The molecule has 28 heavy (non-hydrogen) atoms. The van der Waals surface area contributed by atoms with Gasteiger partial charge in [-0.25, -0.2) is 13.9 Å². The third kappa shape index (κ3) is 3.23. The van der Waals surface area contributed by atoms with Crippen molar-refractivity contribution in [2.24, 2.45) is 5.73 Å². The molecule has 3 heterocycles. The number of pyridine rings is 2. The highest BCUT2D eigenvalue weighted by molar-refractivity contribution is 5.92. The molecular weight excluding hydrogens is 363 g/mol. The van der Waals surface area contributed by atoms with Gasteiger partial charge in [0.05, 0.1) is 13.3 Å². The Kier molecular flexibility index (Phi) is 4.36. The van der Waals surface area contributed by atoms with Crippen LogP contribution in [0.25, 0.3) is 16.6 Å². The Balaban J connectivity index is 1.76. The van der Waals surface area contributed by atoms with E-state index in [4.69, 9.17) is 15.2 Å². The molecule has 0 fully saturated rings. The second-order valence-electron chi connectivity index (χ2n) is 5.95. The fraction of sp³-hybridized carbons (Fsp3) is 0.0500. The van der Waals surface area contributed by atoms with Gasteiger partial charge in [0.1, 0.15) is 5.52 Å². The van der Waals surface area contributed by atoms with Crippen LogP contribution in [0.4, 0.5) is 4.39 Å². The van der Waals surface area contributed by atoms with Gasteiger partial charge in [0, 0.05) is 35.2 Å². The molecule has 2 N–H and O–H groups in total. The minimum absolute atomic E-state index is 0.0295. The molecule has 4 rings (SSSR count). The average molecular weight is 378 g/mol. The van der Waals surface area contributed by atoms with Crippen LogP contribution in [0, 0.1) is 5.82 Å². The molecule has 8 heteroatoms. The number of carbonyl (C=O) groups excluding carboxylic acids is 1. The van der Waals surface area contributed by atoms with Crippen molar-refractivity contribution in [1.29, 1.82) is 0 Å². The molecule has 0 saturated heterocycles. The van der Waals surface area contributed by atoms with Crippen molar-refractivity contribution >= 4 is 11.4 Å². The van der Waals surface area contributed by atoms with Crippen molar-refractivity contribution in [2.45, 2.75) is 0 Å². The summed E-state index contributed by atoms with van der Waals surface area (Å²) >= 11 is 0. The van der Waals surface area contributed by atoms with Crippen molar-refractivity contribution in [2.75, 3.05) is 7.11 Å². The number of carbonyl (C=O) groups is 1. The Hall–Kier alpha value is -3.94. The minimum atomic E-state index is -0.711. The number of ether oxygens (including phenoxy) is 2. The summed E-state index contributed by atoms with van der Waals surface area (Å²) in [4.78, 5) is 15.4. The molecular formula is C20H15FN4O3. The van der Waals surface area contributed by atoms with Crippen LogP contribution in [0.3, 0.4) is 0 Å². The predicted molar refractivity (Wildman–Crippen MR) is 100.0 cm³/mol. The second-order valence-corrected chi connectivity index (χ2v) is 5.95. The zero-order valence-electron chi connectivity index (χ0n) is 14.8. The summed E-state index contributed by atoms with van der Waals surface area (Å²) in [7, 11) is 1.54. The summed E-state index contributed by atoms with van der Waals surface area (Å²) in [5, 5.41) is 4.24. The van der Waals surface area contributed by atoms with Crippen LogP contribution in [0.5, 0.6) is 17.4 Å². The van der Waals surface area contributed by atoms with Crippen LogP contribution in [0.15, 0.2) is 61.1 Å². The fourth-order valence-corrected chi connectivity index (χ4v) is 2.76. The van der Waals surface area contributed by atoms with Gasteiger partial charge in [0.25, 0.3) is 0 Å². The normalized spacial score (nSPS) is 10.8. The van der Waals surface area contributed by atoms with Gasteiger partial charge < -0.3 is 15.2 Å². The Morgan fingerprint density at radius 2 is 1.96 bits per heavy atom. The molecule has 3 aromatic heterocycles. The number of benzene rings is 1. The number of halogens is 1. The Morgan fingerprint density at radius 1 is 1.11 bits per heavy atom. The van der Waals surface area contributed by atoms with Gasteiger partial charge in [-0.1, -0.05) is 0 Å². The molecule has 0 radical (unpaired) electrons. The highest BCUT2D eigenvalue weighted by atomic mass is 19.1. The first kappa shape index (κ1) is 17.5. The molecule has 1 amide bonds. The van der Waals surface area contributed by atoms with E-state index in [1.165, 1.54) is 12.1 Å². The lowest BCUT2D eigenvalue weighted by molar-refractivity contribution is 0.1000. The maximum Gasteiger partial charge on any atom is 0.248 e. The molecule has 140 valence electrons. The molecule has 0 spiro atoms. The number of nitrogens with two attached hydrogens (primary N) is 1. The third-order valence-corrected chi connectivity index (χ3v) is 4.19. The van der Waals surface area contributed by atoms with Crippen LogP contribution in [-0.2, 0) is 0 Å². The molecule has 0 aliphatic rings. The molecule has 7 nitrogen and oxygen atoms in total. The number of primary amides is 1. The van der Waals surface area contributed by atoms with E-state index in [0.29, 0.717) is 17.1 Å². The van der Waals surface area contributed by atoms with E-state index in [9.17, 15) is 9.18 Å². The standard InChI is InChI=1S/C20H15FN4O3/c1-27-19-5-3-13(10-23-19)14-9-18(16-6-7-24-25(16)11-14)28-17-4-2-12(20(22)26)8-15(17)21/h2-11H,1H3,(H2,22,26). The molecule has 0 aliphatic heterocycles. The van der Waals surface area contributed by atoms with Crippen LogP contribution < -0.4 is 15.2 Å². The van der Waals surface area contributed by atoms with Gasteiger partial charge in [-0.15, -0.1) is 0 Å². The maximum atomic E-state index is 14.3. The van der Waals surface area contributed by atoms with E-state index in [1.807, 2.05) is 12.3 Å². The van der Waals surface area contributed by atoms with Crippen molar-refractivity contribution < 1.29 is 18.7 Å². The summed E-state index contributed by atoms with van der Waals surface area (Å²) in [6.07, 6.45) is 5.10. The minimum Gasteiger partial charge on any atom is -0.481 e. The van der Waals surface area contributed by atoms with Gasteiger partial charge in [-0.3, -0.25) is 4.79 Å². The van der Waals surface area contributed by atoms with Crippen molar-refractivity contribution in [3.05, 3.63) is 72.4 Å². The number of hydrogen-bond donors (Lipinski definition) is 1. The number of hydrogen-bond acceptors (Lipinski definition) is 5. The monoisotopic (exact) mass is 378 g/mol. The van der Waals surface area contributed by atoms with Crippen LogP contribution >= 0.6 is 0 Å². The van der Waals surface area contributed by atoms with E-state index in [2.05, 4.69) is 10.1 Å². The quantitative estimate of drug-likeness (QED) is 0.574. The molecule has 0 atom stereocenters. The lowest BCUT2D eigenvalue weighted by Gasteiger charge is -2.11. The van der Waals surface area contributed by atoms with Crippen molar-refractivity contribution in [3.8, 4) is 28.5 Å². The molecule has 0 aliphatic carbocycles.